The van der Waals surface area contributed by atoms with Crippen LogP contribution in [0.5, 0.6) is 0 Å². The van der Waals surface area contributed by atoms with E-state index >= 15 is 0 Å². The van der Waals surface area contributed by atoms with Gasteiger partial charge in [0.05, 0.1) is 40.8 Å². The number of allylic oxidation sites excluding steroid dienone is 2. The first-order valence-electron chi connectivity index (χ1n) is 9.24. The maximum absolute atomic E-state index is 13.2. The number of ether oxygens (including phenoxy) is 4. The molecular formula is C20H28O10. The summed E-state index contributed by atoms with van der Waals surface area (Å²) in [6, 6.07) is 0. The summed E-state index contributed by atoms with van der Waals surface area (Å²) in [5.41, 5.74) is -2.55. The normalized spacial score (nSPS) is 28.9. The van der Waals surface area contributed by atoms with Crippen LogP contribution in [0.25, 0.3) is 0 Å². The molecule has 30 heavy (non-hydrogen) atoms. The highest BCUT2D eigenvalue weighted by Gasteiger charge is 2.66. The summed E-state index contributed by atoms with van der Waals surface area (Å²) in [6.45, 7) is 3.64. The molecule has 1 N–H and O–H groups in total. The third kappa shape index (κ3) is 4.86. The van der Waals surface area contributed by atoms with E-state index in [2.05, 4.69) is 9.47 Å². The van der Waals surface area contributed by atoms with Gasteiger partial charge in [-0.2, -0.15) is 0 Å². The van der Waals surface area contributed by atoms with Crippen molar-refractivity contribution in [1.82, 2.24) is 0 Å². The van der Waals surface area contributed by atoms with Crippen LogP contribution in [-0.2, 0) is 42.9 Å². The van der Waals surface area contributed by atoms with Gasteiger partial charge in [-0.05, 0) is 5.92 Å². The summed E-state index contributed by atoms with van der Waals surface area (Å²) in [6.07, 6.45) is 2.16. The van der Waals surface area contributed by atoms with E-state index in [1.807, 2.05) is 13.8 Å². The van der Waals surface area contributed by atoms with Gasteiger partial charge >= 0.3 is 23.9 Å². The zero-order valence-electron chi connectivity index (χ0n) is 17.9. The topological polar surface area (TPSA) is 142 Å². The van der Waals surface area contributed by atoms with Crippen LogP contribution in [0.4, 0.5) is 0 Å². The predicted molar refractivity (Wildman–Crippen MR) is 101 cm³/mol. The highest BCUT2D eigenvalue weighted by atomic mass is 16.5. The summed E-state index contributed by atoms with van der Waals surface area (Å²) >= 11 is 0. The standard InChI is InChI=1S/C20H28O10/c1-10(2)7-8-11-13(17(23)28-4)16(22)15(19(25)30-6)20(26,9-12(21)27-3)14(11)18(24)29-5/h7-8,10-11,13-15,26H,9H2,1-6H3/b8-7+/t11-,13-,14-,15+,20+/m0/s1. The molecule has 0 aromatic carbocycles. The van der Waals surface area contributed by atoms with Crippen LogP contribution in [0.3, 0.4) is 0 Å². The summed E-state index contributed by atoms with van der Waals surface area (Å²) in [4.78, 5) is 63.0. The first-order valence-corrected chi connectivity index (χ1v) is 9.24. The molecule has 0 amide bonds. The van der Waals surface area contributed by atoms with E-state index in [9.17, 15) is 29.1 Å². The summed E-state index contributed by atoms with van der Waals surface area (Å²) in [5, 5.41) is 11.5. The number of rotatable bonds is 7. The van der Waals surface area contributed by atoms with E-state index in [0.29, 0.717) is 0 Å². The highest BCUT2D eigenvalue weighted by Crippen LogP contribution is 2.47. The molecule has 0 aromatic heterocycles. The Bertz CT molecular complexity index is 725. The van der Waals surface area contributed by atoms with Crippen LogP contribution in [0, 0.1) is 29.6 Å². The number of hydrogen-bond acceptors (Lipinski definition) is 10. The van der Waals surface area contributed by atoms with E-state index in [1.54, 1.807) is 6.08 Å². The number of hydrogen-bond donors (Lipinski definition) is 1. The van der Waals surface area contributed by atoms with Crippen molar-refractivity contribution in [3.05, 3.63) is 12.2 Å². The summed E-state index contributed by atoms with van der Waals surface area (Å²) in [5.74, 6) is -11.8. The molecule has 1 fully saturated rings. The predicted octanol–water partition coefficient (Wildman–Crippen LogP) is 0.0593. The van der Waals surface area contributed by atoms with E-state index in [1.165, 1.54) is 6.08 Å². The molecule has 0 aliphatic heterocycles. The second kappa shape index (κ2) is 10.3. The summed E-state index contributed by atoms with van der Waals surface area (Å²) < 4.78 is 18.7. The van der Waals surface area contributed by atoms with Crippen LogP contribution in [0.15, 0.2) is 12.2 Å². The van der Waals surface area contributed by atoms with Crippen molar-refractivity contribution in [3.63, 3.8) is 0 Å². The molecule has 0 spiro atoms. The number of ketones is 1. The minimum Gasteiger partial charge on any atom is -0.469 e. The maximum Gasteiger partial charge on any atom is 0.319 e. The van der Waals surface area contributed by atoms with Crippen molar-refractivity contribution in [1.29, 1.82) is 0 Å². The lowest BCUT2D eigenvalue weighted by atomic mass is 9.57. The van der Waals surface area contributed by atoms with Crippen molar-refractivity contribution in [2.24, 2.45) is 29.6 Å². The third-order valence-corrected chi connectivity index (χ3v) is 5.12. The number of carbonyl (C=O) groups is 5. The molecule has 1 rings (SSSR count). The first kappa shape index (κ1) is 25.3. The molecular weight excluding hydrogens is 400 g/mol. The van der Waals surface area contributed by atoms with E-state index in [0.717, 1.165) is 28.4 Å². The van der Waals surface area contributed by atoms with Gasteiger partial charge in [0.2, 0.25) is 0 Å². The lowest BCUT2D eigenvalue weighted by Gasteiger charge is -2.47. The van der Waals surface area contributed by atoms with Crippen LogP contribution in [0.2, 0.25) is 0 Å². The van der Waals surface area contributed by atoms with Gasteiger partial charge in [-0.3, -0.25) is 24.0 Å². The minimum atomic E-state index is -2.55. The van der Waals surface area contributed by atoms with Crippen LogP contribution in [-0.4, -0.2) is 68.8 Å². The fourth-order valence-corrected chi connectivity index (χ4v) is 3.74. The van der Waals surface area contributed by atoms with Gasteiger partial charge in [0.1, 0.15) is 17.4 Å². The lowest BCUT2D eigenvalue weighted by molar-refractivity contribution is -0.194. The summed E-state index contributed by atoms with van der Waals surface area (Å²) in [7, 11) is 4.11. The molecule has 168 valence electrons. The Labute approximate surface area is 174 Å². The lowest BCUT2D eigenvalue weighted by Crippen LogP contribution is -2.65. The Morgan fingerprint density at radius 3 is 1.93 bits per heavy atom. The quantitative estimate of drug-likeness (QED) is 0.256. The first-order chi connectivity index (χ1) is 14.0. The van der Waals surface area contributed by atoms with E-state index < -0.39 is 65.4 Å². The smallest absolute Gasteiger partial charge is 0.319 e. The SMILES string of the molecule is COC(=O)C[C@]1(O)[C@@H](C(=O)OC)C(=O)[C@@H](C(=O)OC)[C@H](/C=C/C(C)C)[C@H]1C(=O)OC. The Kier molecular flexibility index (Phi) is 8.71. The molecule has 0 radical (unpaired) electrons. The van der Waals surface area contributed by atoms with E-state index in [4.69, 9.17) is 9.47 Å². The average molecular weight is 428 g/mol. The zero-order valence-corrected chi connectivity index (χ0v) is 17.9. The van der Waals surface area contributed by atoms with Gasteiger partial charge in [0.25, 0.3) is 0 Å². The molecule has 1 aliphatic carbocycles. The molecule has 0 unspecified atom stereocenters. The van der Waals surface area contributed by atoms with Gasteiger partial charge in [-0.25, -0.2) is 0 Å². The van der Waals surface area contributed by atoms with Gasteiger partial charge in [0.15, 0.2) is 5.78 Å². The van der Waals surface area contributed by atoms with E-state index in [-0.39, 0.29) is 5.92 Å². The second-order valence-electron chi connectivity index (χ2n) is 7.31. The average Bonchev–Trinajstić information content (AvgIpc) is 2.70. The molecule has 5 atom stereocenters. The molecule has 10 nitrogen and oxygen atoms in total. The minimum absolute atomic E-state index is 0.0382. The van der Waals surface area contributed by atoms with Crippen LogP contribution >= 0.6 is 0 Å². The third-order valence-electron chi connectivity index (χ3n) is 5.12. The number of Topliss-reactive ketones (excluding diaryl/α,β-unsaturated/α-hetero) is 1. The number of aliphatic hydroxyl groups is 1. The van der Waals surface area contributed by atoms with Crippen molar-refractivity contribution in [2.45, 2.75) is 25.9 Å². The molecule has 10 heteroatoms. The van der Waals surface area contributed by atoms with Crippen molar-refractivity contribution in [3.8, 4) is 0 Å². The second-order valence-corrected chi connectivity index (χ2v) is 7.31. The maximum atomic E-state index is 13.2. The van der Waals surface area contributed by atoms with Crippen LogP contribution in [0.1, 0.15) is 20.3 Å². The van der Waals surface area contributed by atoms with Gasteiger partial charge in [-0.1, -0.05) is 26.0 Å². The number of methoxy groups -OCH3 is 4. The fraction of sp³-hybridized carbons (Fsp3) is 0.650. The Balaban J connectivity index is 3.85. The number of esters is 4. The Morgan fingerprint density at radius 1 is 0.967 bits per heavy atom. The molecule has 0 heterocycles. The van der Waals surface area contributed by atoms with Crippen molar-refractivity contribution in [2.75, 3.05) is 28.4 Å². The zero-order chi connectivity index (χ0) is 23.2. The Morgan fingerprint density at radius 2 is 1.50 bits per heavy atom. The molecule has 1 saturated carbocycles. The van der Waals surface area contributed by atoms with Gasteiger partial charge < -0.3 is 24.1 Å². The number of carbonyl (C=O) groups excluding carboxylic acids is 5. The van der Waals surface area contributed by atoms with Gasteiger partial charge in [-0.15, -0.1) is 0 Å². The Hall–Kier alpha value is -2.75. The molecule has 0 bridgehead atoms. The fourth-order valence-electron chi connectivity index (χ4n) is 3.74. The molecule has 1 aliphatic rings. The molecule has 0 aromatic rings. The monoisotopic (exact) mass is 428 g/mol. The van der Waals surface area contributed by atoms with Crippen molar-refractivity contribution < 1.29 is 48.0 Å². The van der Waals surface area contributed by atoms with Crippen molar-refractivity contribution >= 4 is 29.7 Å². The highest BCUT2D eigenvalue weighted by molar-refractivity contribution is 6.11. The molecule has 0 saturated heterocycles. The van der Waals surface area contributed by atoms with Crippen LogP contribution < -0.4 is 0 Å². The largest absolute Gasteiger partial charge is 0.469 e. The van der Waals surface area contributed by atoms with Gasteiger partial charge in [0, 0.05) is 5.92 Å².